The van der Waals surface area contributed by atoms with E-state index in [1.54, 1.807) is 0 Å². The van der Waals surface area contributed by atoms with Gasteiger partial charge in [-0.25, -0.2) is 0 Å². The molecule has 0 radical (unpaired) electrons. The van der Waals surface area contributed by atoms with Crippen LogP contribution in [-0.2, 0) is 105 Å². The zero-order valence-corrected chi connectivity index (χ0v) is 101. The molecule has 139 heavy (non-hydrogen) atoms. The van der Waals surface area contributed by atoms with Crippen molar-refractivity contribution in [3.8, 4) is 0 Å². The molecule has 0 spiro atoms. The predicted octanol–water partition coefficient (Wildman–Crippen LogP) is 32.9. The number of hydrogen-bond donors (Lipinski definition) is 0. The maximum atomic E-state index is 11.8. The summed E-state index contributed by atoms with van der Waals surface area (Å²) in [5.41, 5.74) is -3.57. The molecule has 0 aromatic heterocycles. The van der Waals surface area contributed by atoms with Gasteiger partial charge in [0.1, 0.15) is 5.60 Å². The second-order valence-electron chi connectivity index (χ2n) is 44.6. The highest BCUT2D eigenvalue weighted by atomic mass is 16.6. The number of carbonyl (C=O) groups is 11. The van der Waals surface area contributed by atoms with Crippen LogP contribution < -0.4 is 0 Å². The molecule has 0 aliphatic rings. The molecule has 2 atom stereocenters. The van der Waals surface area contributed by atoms with Gasteiger partial charge in [-0.1, -0.05) is 274 Å². The molecule has 0 aromatic carbocycles. The summed E-state index contributed by atoms with van der Waals surface area (Å²) in [4.78, 5) is 124. The largest absolute Gasteiger partial charge is 0.469 e. The van der Waals surface area contributed by atoms with Crippen molar-refractivity contribution in [1.29, 1.82) is 0 Å². The first-order valence-electron chi connectivity index (χ1n) is 54.9. The first-order chi connectivity index (χ1) is 64.1. The number of carbonyl (C=O) groups excluding carboxylic acids is 11. The fourth-order valence-electron chi connectivity index (χ4n) is 9.35. The van der Waals surface area contributed by atoms with E-state index in [9.17, 15) is 52.7 Å². The lowest BCUT2D eigenvalue weighted by atomic mass is 9.90. The van der Waals surface area contributed by atoms with Crippen LogP contribution in [0.25, 0.3) is 0 Å². The number of esters is 11. The zero-order valence-electron chi connectivity index (χ0n) is 101. The van der Waals surface area contributed by atoms with Gasteiger partial charge < -0.3 is 52.1 Å². The molecule has 0 aliphatic carbocycles. The topological polar surface area (TPSA) is 289 Å². The molecule has 22 nitrogen and oxygen atoms in total. The molecule has 0 saturated carbocycles. The van der Waals surface area contributed by atoms with E-state index in [0.717, 1.165) is 122 Å². The monoisotopic (exact) mass is 1990 g/mol. The van der Waals surface area contributed by atoms with E-state index in [1.807, 2.05) is 270 Å². The van der Waals surface area contributed by atoms with Crippen LogP contribution in [0.15, 0.2) is 0 Å². The third-order valence-corrected chi connectivity index (χ3v) is 25.6. The van der Waals surface area contributed by atoms with Gasteiger partial charge in [0.05, 0.1) is 127 Å². The summed E-state index contributed by atoms with van der Waals surface area (Å²) in [5.74, 6) is 0.102. The molecule has 0 saturated heterocycles. The van der Waals surface area contributed by atoms with E-state index in [2.05, 4.69) is 51.0 Å². The van der Waals surface area contributed by atoms with Crippen molar-refractivity contribution >= 4 is 65.7 Å². The fourth-order valence-corrected chi connectivity index (χ4v) is 9.35. The van der Waals surface area contributed by atoms with Crippen LogP contribution in [-0.4, -0.2) is 138 Å². The Bertz CT molecular complexity index is 3000. The van der Waals surface area contributed by atoms with E-state index in [1.165, 1.54) is 130 Å². The third kappa shape index (κ3) is 93.0. The van der Waals surface area contributed by atoms with Gasteiger partial charge in [0.15, 0.2) is 0 Å². The average molecular weight is 1990 g/mol. The number of ether oxygens (including phenoxy) is 11. The SMILES string of the molecule is CCC(C)(C)C(=O)OC.CCC(C)(C)C(=O)OC(C)(C)C.CCC(C)(C)C(=O)OCC(C)C.CCC(C)C(=O)OC.CCCCC(CC)COC(=O)C(C)(C)CC.CCCCCCCCCCOC(=O)C(C)(C)CC.CCCCCCCCCOC(=O)C(C)(C)CC.CCCCCCOC(=O)C(C)(C)CC.CCCCOC(=O)C(C)(C)CC.CCCOC(=O)C(C)(C)CC.CCOC(=O)C(C)(C)CC. The Morgan fingerprint density at radius 2 is 0.439 bits per heavy atom. The number of hydrogen-bond acceptors (Lipinski definition) is 22. The van der Waals surface area contributed by atoms with Crippen molar-refractivity contribution in [3.63, 3.8) is 0 Å². The Hall–Kier alpha value is -5.83. The summed E-state index contributed by atoms with van der Waals surface area (Å²) in [5, 5.41) is 0. The standard InChI is InChI=1S/C16H32O2.C15H30O2.C14H28O2.C12H24O2.3C10H20O2.C9H18O2.C8H16O2.C7H14O2.C6H12O2/c1-5-7-8-9-10-11-12-13-14-18-15(17)16(3,4)6-2;1-5-7-8-9-10-11-12-13-17-14(16)15(3,4)6-2;1-6-9-10-12(7-2)11-16-13(15)14(4,5)8-3;1-5-7-8-9-10-14-11(13)12(3,4)6-2;1-7-10(5,6)8(11)12-9(2,3)4;1-6-10(4,5)9(11)12-7-8(2)3;1-5-7-8-12-9(11)10(3,4)6-2;1-5-7-11-8(10)9(3,4)6-2;1-5-8(3,4)7(9)10-6-2;1-5-7(2,3)6(8)9-4;1-4-5(2)6(7)8-3/h5-14H2,1-4H3;5-13H2,1-4H3;12H,6-11H2,1-5H3;5-10H2,1-4H3;7H2,1-6H3;8H,6-7H2,1-5H3;5-8H2,1-4H3;5-7H2,1-4H3;5-6H2,1-4H3;5H2,1-4H3;5H,4H2,1-3H3. The van der Waals surface area contributed by atoms with Gasteiger partial charge in [0.25, 0.3) is 0 Å². The van der Waals surface area contributed by atoms with Crippen LogP contribution in [0.1, 0.15) is 549 Å². The lowest BCUT2D eigenvalue weighted by Crippen LogP contribution is -2.33. The Morgan fingerprint density at radius 3 is 0.647 bits per heavy atom. The minimum atomic E-state index is -0.372. The highest BCUT2D eigenvalue weighted by Crippen LogP contribution is 2.30. The minimum absolute atomic E-state index is 0.0482. The number of methoxy groups -OCH3 is 2. The molecular formula is C117H234O22. The maximum absolute atomic E-state index is 11.8. The zero-order chi connectivity index (χ0) is 111. The van der Waals surface area contributed by atoms with E-state index >= 15 is 0 Å². The van der Waals surface area contributed by atoms with Gasteiger partial charge in [0, 0.05) is 0 Å². The molecule has 0 aromatic rings. The molecule has 0 fully saturated rings. The Balaban J connectivity index is -0.000000145. The third-order valence-electron chi connectivity index (χ3n) is 25.6. The molecule has 0 N–H and O–H groups in total. The van der Waals surface area contributed by atoms with Crippen molar-refractivity contribution in [2.24, 2.45) is 71.9 Å². The quantitative estimate of drug-likeness (QED) is 0.0310. The average Bonchev–Trinajstić information content (AvgIpc) is 0.866. The van der Waals surface area contributed by atoms with Crippen molar-refractivity contribution < 1.29 is 105 Å². The number of rotatable bonds is 58. The van der Waals surface area contributed by atoms with Crippen molar-refractivity contribution in [2.75, 3.05) is 67.1 Å². The second kappa shape index (κ2) is 90.9. The van der Waals surface area contributed by atoms with Crippen LogP contribution in [0.4, 0.5) is 0 Å². The smallest absolute Gasteiger partial charge is 0.312 e. The van der Waals surface area contributed by atoms with Crippen LogP contribution in [0.3, 0.4) is 0 Å². The molecular weight excluding hydrogens is 1760 g/mol. The van der Waals surface area contributed by atoms with Gasteiger partial charge in [-0.15, -0.1) is 0 Å². The fraction of sp³-hybridized carbons (Fsp3) is 0.906. The van der Waals surface area contributed by atoms with Gasteiger partial charge in [-0.05, 0) is 287 Å². The molecule has 0 bridgehead atoms. The van der Waals surface area contributed by atoms with E-state index in [-0.39, 0.29) is 131 Å². The van der Waals surface area contributed by atoms with E-state index < -0.39 is 0 Å². The maximum Gasteiger partial charge on any atom is 0.312 e. The lowest BCUT2D eigenvalue weighted by molar-refractivity contribution is -0.166. The Labute approximate surface area is 859 Å². The van der Waals surface area contributed by atoms with E-state index in [4.69, 9.17) is 42.6 Å². The molecule has 0 heterocycles. The van der Waals surface area contributed by atoms with Gasteiger partial charge in [-0.3, -0.25) is 52.7 Å². The van der Waals surface area contributed by atoms with E-state index in [0.29, 0.717) is 64.7 Å². The first kappa shape index (κ1) is 156. The normalized spacial score (nSPS) is 11.9. The van der Waals surface area contributed by atoms with Gasteiger partial charge >= 0.3 is 65.7 Å². The lowest BCUT2D eigenvalue weighted by Gasteiger charge is -2.27. The van der Waals surface area contributed by atoms with Crippen LogP contribution >= 0.6 is 0 Å². The molecule has 2 unspecified atom stereocenters. The molecule has 0 amide bonds. The van der Waals surface area contributed by atoms with Gasteiger partial charge in [-0.2, -0.15) is 0 Å². The Kier molecular flexibility index (Phi) is 102. The van der Waals surface area contributed by atoms with Crippen LogP contribution in [0.2, 0.25) is 0 Å². The summed E-state index contributed by atoms with van der Waals surface area (Å²) < 4.78 is 55.6. The summed E-state index contributed by atoms with van der Waals surface area (Å²) in [6.07, 6.45) is 40.4. The second-order valence-corrected chi connectivity index (χ2v) is 44.6. The highest BCUT2D eigenvalue weighted by Gasteiger charge is 2.35. The minimum Gasteiger partial charge on any atom is -0.469 e. The summed E-state index contributed by atoms with van der Waals surface area (Å²) in [6, 6.07) is 0. The summed E-state index contributed by atoms with van der Waals surface area (Å²) >= 11 is 0. The predicted molar refractivity (Wildman–Crippen MR) is 581 cm³/mol. The molecule has 22 heteroatoms. The van der Waals surface area contributed by atoms with Crippen LogP contribution in [0.5, 0.6) is 0 Å². The molecule has 834 valence electrons. The highest BCUT2D eigenvalue weighted by molar-refractivity contribution is 5.80. The van der Waals surface area contributed by atoms with Crippen LogP contribution in [0, 0.1) is 71.9 Å². The first-order valence-corrected chi connectivity index (χ1v) is 54.9. The summed E-state index contributed by atoms with van der Waals surface area (Å²) in [7, 11) is 2.83. The number of unbranched alkanes of at least 4 members (excludes halogenated alkanes) is 18. The van der Waals surface area contributed by atoms with Crippen molar-refractivity contribution in [2.45, 2.75) is 555 Å². The van der Waals surface area contributed by atoms with Crippen molar-refractivity contribution in [1.82, 2.24) is 0 Å². The molecule has 0 rings (SSSR count). The van der Waals surface area contributed by atoms with Crippen molar-refractivity contribution in [3.05, 3.63) is 0 Å². The summed E-state index contributed by atoms with van der Waals surface area (Å²) in [6.45, 7) is 93.3. The van der Waals surface area contributed by atoms with Gasteiger partial charge in [0.2, 0.25) is 0 Å². The molecule has 0 aliphatic heterocycles. The Morgan fingerprint density at radius 1 is 0.216 bits per heavy atom.